The summed E-state index contributed by atoms with van der Waals surface area (Å²) in [6.45, 7) is 2.05. The minimum absolute atomic E-state index is 0.0594. The van der Waals surface area contributed by atoms with Crippen molar-refractivity contribution >= 4 is 11.8 Å². The van der Waals surface area contributed by atoms with E-state index >= 15 is 0 Å². The number of carbonyl (C=O) groups is 1. The molecule has 0 unspecified atom stereocenters. The summed E-state index contributed by atoms with van der Waals surface area (Å²) in [4.78, 5) is 13.7. The molecule has 0 atom stereocenters. The predicted molar refractivity (Wildman–Crippen MR) is 60.9 cm³/mol. The first-order valence-electron chi connectivity index (χ1n) is 5.49. The Labute approximate surface area is 94.4 Å². The number of aromatic nitrogens is 2. The number of carbonyl (C=O) groups excluding carboxylic acids is 1. The van der Waals surface area contributed by atoms with Gasteiger partial charge in [-0.3, -0.25) is 10.00 Å². The summed E-state index contributed by atoms with van der Waals surface area (Å²) in [5, 5.41) is 6.93. The number of nitrogens with zero attached hydrogens (tertiary/aromatic N) is 3. The fourth-order valence-electron chi connectivity index (χ4n) is 1.89. The lowest BCUT2D eigenvalue weighted by atomic mass is 10.3. The van der Waals surface area contributed by atoms with Crippen LogP contribution in [0, 0.1) is 0 Å². The van der Waals surface area contributed by atoms with Crippen LogP contribution in [0.4, 0.5) is 10.6 Å². The van der Waals surface area contributed by atoms with Gasteiger partial charge >= 0.3 is 6.03 Å². The van der Waals surface area contributed by atoms with Gasteiger partial charge in [-0.1, -0.05) is 0 Å². The molecule has 0 radical (unpaired) electrons. The standard InChI is InChI=1S/C10H17N5O/c1-14-9(8(6-11)7-12-14)13-10(16)15-4-2-3-5-15/h7H,2-6,11H2,1H3,(H,13,16). The molecule has 16 heavy (non-hydrogen) atoms. The van der Waals surface area contributed by atoms with Crippen molar-refractivity contribution < 1.29 is 4.79 Å². The molecular formula is C10H17N5O. The molecule has 3 N–H and O–H groups in total. The first-order chi connectivity index (χ1) is 7.72. The zero-order valence-electron chi connectivity index (χ0n) is 9.44. The number of nitrogens with two attached hydrogens (primary N) is 1. The number of hydrogen-bond donors (Lipinski definition) is 2. The summed E-state index contributed by atoms with van der Waals surface area (Å²) in [6, 6.07) is -0.0594. The lowest BCUT2D eigenvalue weighted by Crippen LogP contribution is -2.33. The fraction of sp³-hybridized carbons (Fsp3) is 0.600. The smallest absolute Gasteiger partial charge is 0.323 e. The van der Waals surface area contributed by atoms with E-state index in [1.807, 2.05) is 4.90 Å². The third kappa shape index (κ3) is 2.01. The molecule has 1 aromatic heterocycles. The van der Waals surface area contributed by atoms with Crippen molar-refractivity contribution in [1.82, 2.24) is 14.7 Å². The highest BCUT2D eigenvalue weighted by Gasteiger charge is 2.19. The number of rotatable bonds is 2. The van der Waals surface area contributed by atoms with Crippen LogP contribution in [-0.4, -0.2) is 33.8 Å². The third-order valence-corrected chi connectivity index (χ3v) is 2.85. The van der Waals surface area contributed by atoms with Crippen LogP contribution in [0.5, 0.6) is 0 Å². The maximum absolute atomic E-state index is 11.9. The van der Waals surface area contributed by atoms with Gasteiger partial charge in [-0.15, -0.1) is 0 Å². The summed E-state index contributed by atoms with van der Waals surface area (Å²) in [6.07, 6.45) is 3.85. The molecule has 0 saturated carbocycles. The molecule has 1 saturated heterocycles. The molecule has 88 valence electrons. The van der Waals surface area contributed by atoms with Gasteiger partial charge in [0.25, 0.3) is 0 Å². The largest absolute Gasteiger partial charge is 0.326 e. The maximum Gasteiger partial charge on any atom is 0.323 e. The number of anilines is 1. The molecule has 0 aliphatic carbocycles. The van der Waals surface area contributed by atoms with Crippen LogP contribution in [0.15, 0.2) is 6.20 Å². The van der Waals surface area contributed by atoms with Gasteiger partial charge in [0.1, 0.15) is 5.82 Å². The Bertz CT molecular complexity index is 381. The molecule has 1 aliphatic heterocycles. The number of aryl methyl sites for hydroxylation is 1. The van der Waals surface area contributed by atoms with Crippen molar-refractivity contribution in [3.8, 4) is 0 Å². The summed E-state index contributed by atoms with van der Waals surface area (Å²) in [5.74, 6) is 0.694. The SMILES string of the molecule is Cn1ncc(CN)c1NC(=O)N1CCCC1. The van der Waals surface area contributed by atoms with E-state index in [2.05, 4.69) is 10.4 Å². The van der Waals surface area contributed by atoms with Crippen LogP contribution >= 0.6 is 0 Å². The number of nitrogens with one attached hydrogen (secondary N) is 1. The van der Waals surface area contributed by atoms with Gasteiger partial charge in [-0.2, -0.15) is 5.10 Å². The van der Waals surface area contributed by atoms with Gasteiger partial charge in [0.2, 0.25) is 0 Å². The number of likely N-dealkylation sites (tertiary alicyclic amines) is 1. The summed E-state index contributed by atoms with van der Waals surface area (Å²) >= 11 is 0. The minimum atomic E-state index is -0.0594. The average Bonchev–Trinajstić information content (AvgIpc) is 2.89. The molecule has 2 amide bonds. The van der Waals surface area contributed by atoms with Crippen molar-refractivity contribution in [1.29, 1.82) is 0 Å². The molecule has 1 aliphatic rings. The van der Waals surface area contributed by atoms with E-state index in [1.165, 1.54) is 0 Å². The van der Waals surface area contributed by atoms with Crippen molar-refractivity contribution in [2.24, 2.45) is 12.8 Å². The molecule has 0 spiro atoms. The maximum atomic E-state index is 11.9. The van der Waals surface area contributed by atoms with Gasteiger partial charge < -0.3 is 10.6 Å². The van der Waals surface area contributed by atoms with Crippen LogP contribution in [0.1, 0.15) is 18.4 Å². The summed E-state index contributed by atoms with van der Waals surface area (Å²) in [7, 11) is 1.79. The van der Waals surface area contributed by atoms with Gasteiger partial charge in [0, 0.05) is 32.2 Å². The highest BCUT2D eigenvalue weighted by molar-refractivity contribution is 5.89. The highest BCUT2D eigenvalue weighted by atomic mass is 16.2. The molecule has 6 nitrogen and oxygen atoms in total. The number of amides is 2. The molecule has 1 fully saturated rings. The van der Waals surface area contributed by atoms with Crippen LogP contribution in [-0.2, 0) is 13.6 Å². The van der Waals surface area contributed by atoms with Crippen molar-refractivity contribution in [3.05, 3.63) is 11.8 Å². The molecular weight excluding hydrogens is 206 g/mol. The van der Waals surface area contributed by atoms with E-state index in [0.29, 0.717) is 12.4 Å². The molecule has 2 rings (SSSR count). The Hall–Kier alpha value is -1.56. The topological polar surface area (TPSA) is 76.2 Å². The zero-order valence-corrected chi connectivity index (χ0v) is 9.44. The minimum Gasteiger partial charge on any atom is -0.326 e. The van der Waals surface area contributed by atoms with Gasteiger partial charge in [0.15, 0.2) is 0 Å². The predicted octanol–water partition coefficient (Wildman–Crippen LogP) is 0.506. The van der Waals surface area contributed by atoms with E-state index in [1.54, 1.807) is 17.9 Å². The lowest BCUT2D eigenvalue weighted by Gasteiger charge is -2.16. The Kier molecular flexibility index (Phi) is 3.09. The van der Waals surface area contributed by atoms with Gasteiger partial charge in [0.05, 0.1) is 6.20 Å². The fourth-order valence-corrected chi connectivity index (χ4v) is 1.89. The van der Waals surface area contributed by atoms with Crippen LogP contribution in [0.25, 0.3) is 0 Å². The van der Waals surface area contributed by atoms with Gasteiger partial charge in [-0.25, -0.2) is 4.79 Å². The second-order valence-corrected chi connectivity index (χ2v) is 3.97. The molecule has 1 aromatic rings. The normalized spacial score (nSPS) is 15.5. The van der Waals surface area contributed by atoms with E-state index < -0.39 is 0 Å². The monoisotopic (exact) mass is 223 g/mol. The second kappa shape index (κ2) is 4.52. The van der Waals surface area contributed by atoms with Crippen molar-refractivity contribution in [2.75, 3.05) is 18.4 Å². The van der Waals surface area contributed by atoms with Crippen LogP contribution in [0.3, 0.4) is 0 Å². The van der Waals surface area contributed by atoms with Crippen LogP contribution in [0.2, 0.25) is 0 Å². The first kappa shape index (κ1) is 10.9. The lowest BCUT2D eigenvalue weighted by molar-refractivity contribution is 0.222. The zero-order chi connectivity index (χ0) is 11.5. The van der Waals surface area contributed by atoms with E-state index in [4.69, 9.17) is 5.73 Å². The third-order valence-electron chi connectivity index (χ3n) is 2.85. The van der Waals surface area contributed by atoms with Crippen LogP contribution < -0.4 is 11.1 Å². The Balaban J connectivity index is 2.07. The highest BCUT2D eigenvalue weighted by Crippen LogP contribution is 2.15. The van der Waals surface area contributed by atoms with Gasteiger partial charge in [-0.05, 0) is 12.8 Å². The Morgan fingerprint density at radius 1 is 1.56 bits per heavy atom. The number of urea groups is 1. The first-order valence-corrected chi connectivity index (χ1v) is 5.49. The van der Waals surface area contributed by atoms with Crippen molar-refractivity contribution in [2.45, 2.75) is 19.4 Å². The molecule has 0 bridgehead atoms. The Morgan fingerprint density at radius 2 is 2.25 bits per heavy atom. The summed E-state index contributed by atoms with van der Waals surface area (Å²) in [5.41, 5.74) is 6.43. The quantitative estimate of drug-likeness (QED) is 0.766. The van der Waals surface area contributed by atoms with E-state index in [-0.39, 0.29) is 6.03 Å². The second-order valence-electron chi connectivity index (χ2n) is 3.97. The van der Waals surface area contributed by atoms with E-state index in [9.17, 15) is 4.79 Å². The average molecular weight is 223 g/mol. The van der Waals surface area contributed by atoms with E-state index in [0.717, 1.165) is 31.5 Å². The molecule has 0 aromatic carbocycles. The molecule has 6 heteroatoms. The Morgan fingerprint density at radius 3 is 2.88 bits per heavy atom. The number of hydrogen-bond acceptors (Lipinski definition) is 3. The summed E-state index contributed by atoms with van der Waals surface area (Å²) < 4.78 is 1.64. The van der Waals surface area contributed by atoms with Crippen molar-refractivity contribution in [3.63, 3.8) is 0 Å². The molecule has 2 heterocycles.